The van der Waals surface area contributed by atoms with Crippen LogP contribution in [0.3, 0.4) is 0 Å². The first-order chi connectivity index (χ1) is 11.9. The number of benzene rings is 1. The monoisotopic (exact) mass is 368 g/mol. The van der Waals surface area contributed by atoms with Crippen molar-refractivity contribution in [1.29, 1.82) is 0 Å². The van der Waals surface area contributed by atoms with Crippen LogP contribution >= 0.6 is 0 Å². The number of nitrogens with one attached hydrogen (secondary N) is 2. The highest BCUT2D eigenvalue weighted by Crippen LogP contribution is 2.27. The van der Waals surface area contributed by atoms with E-state index in [0.29, 0.717) is 25.8 Å². The molecule has 1 aromatic rings. The number of sulfonamides is 1. The molecule has 140 valence electrons. The molecule has 0 radical (unpaired) electrons. The first-order valence-corrected chi connectivity index (χ1v) is 10.6. The lowest BCUT2D eigenvalue weighted by Crippen LogP contribution is -2.50. The van der Waals surface area contributed by atoms with Crippen molar-refractivity contribution in [2.45, 2.75) is 44.2 Å². The smallest absolute Gasteiger partial charge is 0.223 e. The molecule has 1 amide bonds. The van der Waals surface area contributed by atoms with Crippen molar-refractivity contribution in [3.8, 4) is 0 Å². The highest BCUT2D eigenvalue weighted by Gasteiger charge is 2.35. The van der Waals surface area contributed by atoms with Gasteiger partial charge in [0.25, 0.3) is 0 Å². The fourth-order valence-electron chi connectivity index (χ4n) is 3.36. The van der Waals surface area contributed by atoms with Crippen LogP contribution in [0.5, 0.6) is 0 Å². The van der Waals surface area contributed by atoms with E-state index >= 15 is 0 Å². The number of hydrogen-bond donors (Lipinski definition) is 2. The van der Waals surface area contributed by atoms with Gasteiger partial charge in [-0.1, -0.05) is 30.3 Å². The zero-order chi connectivity index (χ0) is 18.3. The van der Waals surface area contributed by atoms with Crippen LogP contribution < -0.4 is 10.0 Å². The lowest BCUT2D eigenvalue weighted by Gasteiger charge is -2.34. The Morgan fingerprint density at radius 2 is 1.96 bits per heavy atom. The second kappa shape index (κ2) is 9.31. The highest BCUT2D eigenvalue weighted by molar-refractivity contribution is 7.88. The van der Waals surface area contributed by atoms with Crippen LogP contribution in [-0.2, 0) is 26.0 Å². The largest absolute Gasteiger partial charge is 0.380 e. The number of rotatable bonds is 8. The molecule has 0 unspecified atom stereocenters. The van der Waals surface area contributed by atoms with E-state index in [9.17, 15) is 13.2 Å². The standard InChI is InChI=1S/C18H28N2O4S/c1-24-17-11-10-15(13-16(17)20-25(2,22)23)18(21)19-12-6-9-14-7-4-3-5-8-14/h3-5,7-8,15-17,20H,6,9-13H2,1-2H3,(H,19,21)/t15-,16+,17+/m0/s1. The maximum atomic E-state index is 12.4. The quantitative estimate of drug-likeness (QED) is 0.681. The molecule has 0 spiro atoms. The molecule has 0 aliphatic heterocycles. The summed E-state index contributed by atoms with van der Waals surface area (Å²) in [5, 5.41) is 2.98. The minimum absolute atomic E-state index is 0.00270. The van der Waals surface area contributed by atoms with E-state index in [-0.39, 0.29) is 24.0 Å². The lowest BCUT2D eigenvalue weighted by molar-refractivity contribution is -0.127. The predicted molar refractivity (Wildman–Crippen MR) is 97.7 cm³/mol. The maximum absolute atomic E-state index is 12.4. The van der Waals surface area contributed by atoms with Gasteiger partial charge in [-0.3, -0.25) is 4.79 Å². The van der Waals surface area contributed by atoms with E-state index in [2.05, 4.69) is 22.2 Å². The first-order valence-electron chi connectivity index (χ1n) is 8.71. The molecule has 1 aliphatic carbocycles. The molecule has 2 N–H and O–H groups in total. The third kappa shape index (κ3) is 6.76. The summed E-state index contributed by atoms with van der Waals surface area (Å²) in [4.78, 5) is 12.4. The van der Waals surface area contributed by atoms with Crippen LogP contribution in [0.25, 0.3) is 0 Å². The molecular weight excluding hydrogens is 340 g/mol. The van der Waals surface area contributed by atoms with Gasteiger partial charge in [-0.2, -0.15) is 0 Å². The SMILES string of the molecule is CO[C@@H]1CC[C@H](C(=O)NCCCc2ccccc2)C[C@H]1NS(C)(=O)=O. The number of aryl methyl sites for hydroxylation is 1. The summed E-state index contributed by atoms with van der Waals surface area (Å²) in [6.07, 6.45) is 4.61. The zero-order valence-electron chi connectivity index (χ0n) is 14.9. The Balaban J connectivity index is 1.78. The Bertz CT molecular complexity index is 648. The van der Waals surface area contributed by atoms with E-state index in [4.69, 9.17) is 4.74 Å². The Labute approximate surface area is 150 Å². The van der Waals surface area contributed by atoms with E-state index in [0.717, 1.165) is 19.1 Å². The van der Waals surface area contributed by atoms with E-state index < -0.39 is 10.0 Å². The minimum Gasteiger partial charge on any atom is -0.380 e. The molecule has 0 saturated heterocycles. The average molecular weight is 368 g/mol. The van der Waals surface area contributed by atoms with Gasteiger partial charge in [0.2, 0.25) is 15.9 Å². The van der Waals surface area contributed by atoms with Gasteiger partial charge in [0.05, 0.1) is 12.4 Å². The highest BCUT2D eigenvalue weighted by atomic mass is 32.2. The number of carbonyl (C=O) groups excluding carboxylic acids is 1. The Kier molecular flexibility index (Phi) is 7.40. The number of hydrogen-bond acceptors (Lipinski definition) is 4. The fraction of sp³-hybridized carbons (Fsp3) is 0.611. The van der Waals surface area contributed by atoms with Gasteiger partial charge in [0, 0.05) is 25.6 Å². The first kappa shape index (κ1) is 19.9. The average Bonchev–Trinajstić information content (AvgIpc) is 2.58. The van der Waals surface area contributed by atoms with Gasteiger partial charge in [0.15, 0.2) is 0 Å². The van der Waals surface area contributed by atoms with E-state index in [1.165, 1.54) is 5.56 Å². The number of ether oxygens (including phenoxy) is 1. The van der Waals surface area contributed by atoms with Crippen molar-refractivity contribution in [3.05, 3.63) is 35.9 Å². The molecule has 0 bridgehead atoms. The maximum Gasteiger partial charge on any atom is 0.223 e. The second-order valence-electron chi connectivity index (χ2n) is 6.66. The van der Waals surface area contributed by atoms with Gasteiger partial charge in [-0.25, -0.2) is 13.1 Å². The van der Waals surface area contributed by atoms with Crippen LogP contribution in [-0.4, -0.2) is 46.4 Å². The van der Waals surface area contributed by atoms with Crippen molar-refractivity contribution < 1.29 is 17.9 Å². The molecule has 3 atom stereocenters. The minimum atomic E-state index is -3.33. The van der Waals surface area contributed by atoms with Gasteiger partial charge in [0.1, 0.15) is 0 Å². The molecular formula is C18H28N2O4S. The topological polar surface area (TPSA) is 84.5 Å². The number of amides is 1. The van der Waals surface area contributed by atoms with Gasteiger partial charge in [-0.05, 0) is 37.7 Å². The van der Waals surface area contributed by atoms with Crippen LogP contribution in [0.1, 0.15) is 31.2 Å². The number of methoxy groups -OCH3 is 1. The Hall–Kier alpha value is -1.44. The molecule has 2 rings (SSSR count). The molecule has 1 fully saturated rings. The molecule has 0 aromatic heterocycles. The molecule has 25 heavy (non-hydrogen) atoms. The lowest BCUT2D eigenvalue weighted by atomic mass is 9.83. The van der Waals surface area contributed by atoms with Crippen molar-refractivity contribution in [2.24, 2.45) is 5.92 Å². The summed E-state index contributed by atoms with van der Waals surface area (Å²) in [6.45, 7) is 0.627. The fourth-order valence-corrected chi connectivity index (χ4v) is 4.15. The number of carbonyl (C=O) groups is 1. The summed E-state index contributed by atoms with van der Waals surface area (Å²) in [6, 6.07) is 9.82. The summed E-state index contributed by atoms with van der Waals surface area (Å²) in [5.41, 5.74) is 1.26. The summed E-state index contributed by atoms with van der Waals surface area (Å²) in [5.74, 6) is -0.176. The predicted octanol–water partition coefficient (Wildman–Crippen LogP) is 1.47. The van der Waals surface area contributed by atoms with Gasteiger partial charge >= 0.3 is 0 Å². The third-order valence-corrected chi connectivity index (χ3v) is 5.34. The molecule has 0 heterocycles. The second-order valence-corrected chi connectivity index (χ2v) is 8.44. The van der Waals surface area contributed by atoms with Crippen LogP contribution in [0.2, 0.25) is 0 Å². The van der Waals surface area contributed by atoms with Gasteiger partial charge in [-0.15, -0.1) is 0 Å². The van der Waals surface area contributed by atoms with Crippen molar-refractivity contribution in [1.82, 2.24) is 10.0 Å². The Morgan fingerprint density at radius 3 is 2.60 bits per heavy atom. The van der Waals surface area contributed by atoms with Crippen LogP contribution in [0.15, 0.2) is 30.3 Å². The third-order valence-electron chi connectivity index (χ3n) is 4.61. The summed E-state index contributed by atoms with van der Waals surface area (Å²) >= 11 is 0. The van der Waals surface area contributed by atoms with Crippen molar-refractivity contribution >= 4 is 15.9 Å². The molecule has 1 saturated carbocycles. The zero-order valence-corrected chi connectivity index (χ0v) is 15.7. The molecule has 1 aliphatic rings. The van der Waals surface area contributed by atoms with Gasteiger partial charge < -0.3 is 10.1 Å². The van der Waals surface area contributed by atoms with Crippen molar-refractivity contribution in [2.75, 3.05) is 19.9 Å². The summed E-state index contributed by atoms with van der Waals surface area (Å²) in [7, 11) is -1.75. The summed E-state index contributed by atoms with van der Waals surface area (Å²) < 4.78 is 31.0. The Morgan fingerprint density at radius 1 is 1.24 bits per heavy atom. The normalized spacial score (nSPS) is 24.0. The molecule has 1 aromatic carbocycles. The van der Waals surface area contributed by atoms with Crippen LogP contribution in [0, 0.1) is 5.92 Å². The molecule has 7 heteroatoms. The van der Waals surface area contributed by atoms with Crippen molar-refractivity contribution in [3.63, 3.8) is 0 Å². The van der Waals surface area contributed by atoms with Crippen LogP contribution in [0.4, 0.5) is 0 Å². The van der Waals surface area contributed by atoms with E-state index in [1.807, 2.05) is 18.2 Å². The van der Waals surface area contributed by atoms with E-state index in [1.54, 1.807) is 7.11 Å². The molecule has 6 nitrogen and oxygen atoms in total.